The summed E-state index contributed by atoms with van der Waals surface area (Å²) in [6.45, 7) is 3.67. The van der Waals surface area contributed by atoms with Gasteiger partial charge in [0.15, 0.2) is 10.7 Å². The van der Waals surface area contributed by atoms with Crippen LogP contribution in [0.1, 0.15) is 31.2 Å². The fourth-order valence-electron chi connectivity index (χ4n) is 3.92. The molecule has 2 aromatic heterocycles. The van der Waals surface area contributed by atoms with E-state index in [9.17, 15) is 9.59 Å². The third-order valence-corrected chi connectivity index (χ3v) is 6.56. The standard InChI is InChI=1S/C25H27N3O6S/c1-7-33-24(30)21-14(2)26-25-28(22(21)17-10-8-15(31-5)12-18(17)32-6)23(29)19(35-25)13-16-9-11-20(34-16)27(3)4/h8-13,22H,7H2,1-6H3/b19-13-/t22-/m0/s1. The van der Waals surface area contributed by atoms with Crippen LogP contribution < -0.4 is 29.3 Å². The largest absolute Gasteiger partial charge is 0.497 e. The summed E-state index contributed by atoms with van der Waals surface area (Å²) in [6.07, 6.45) is 1.68. The number of furan rings is 1. The number of hydrogen-bond donors (Lipinski definition) is 0. The van der Waals surface area contributed by atoms with Crippen LogP contribution >= 0.6 is 11.3 Å². The second-order valence-corrected chi connectivity index (χ2v) is 8.99. The van der Waals surface area contributed by atoms with E-state index in [0.717, 1.165) is 0 Å². The Labute approximate surface area is 206 Å². The number of benzene rings is 1. The van der Waals surface area contributed by atoms with Crippen molar-refractivity contribution in [2.24, 2.45) is 4.99 Å². The third-order valence-electron chi connectivity index (χ3n) is 5.58. The first-order valence-electron chi connectivity index (χ1n) is 11.0. The quantitative estimate of drug-likeness (QED) is 0.463. The van der Waals surface area contributed by atoms with E-state index in [1.807, 2.05) is 25.1 Å². The normalized spacial score (nSPS) is 15.5. The summed E-state index contributed by atoms with van der Waals surface area (Å²) >= 11 is 1.23. The predicted molar refractivity (Wildman–Crippen MR) is 133 cm³/mol. The van der Waals surface area contributed by atoms with Crippen LogP contribution in [0.2, 0.25) is 0 Å². The number of rotatable bonds is 7. The molecule has 0 aliphatic carbocycles. The monoisotopic (exact) mass is 497 g/mol. The van der Waals surface area contributed by atoms with Crippen molar-refractivity contribution >= 4 is 29.3 Å². The van der Waals surface area contributed by atoms with E-state index in [1.54, 1.807) is 51.3 Å². The molecule has 4 rings (SSSR count). The topological polar surface area (TPSA) is 95.5 Å². The lowest BCUT2D eigenvalue weighted by Crippen LogP contribution is -2.40. The number of carbonyl (C=O) groups is 1. The number of aromatic nitrogens is 1. The van der Waals surface area contributed by atoms with Crippen molar-refractivity contribution in [3.8, 4) is 11.5 Å². The molecule has 0 bridgehead atoms. The molecule has 1 aliphatic rings. The zero-order valence-electron chi connectivity index (χ0n) is 20.4. The fraction of sp³-hybridized carbons (Fsp3) is 0.320. The molecule has 3 aromatic rings. The van der Waals surface area contributed by atoms with E-state index in [-0.39, 0.29) is 17.7 Å². The van der Waals surface area contributed by atoms with E-state index in [0.29, 0.717) is 43.7 Å². The summed E-state index contributed by atoms with van der Waals surface area (Å²) in [4.78, 5) is 33.6. The maximum atomic E-state index is 13.7. The van der Waals surface area contributed by atoms with Crippen LogP contribution in [0.4, 0.5) is 5.88 Å². The first-order chi connectivity index (χ1) is 16.8. The van der Waals surface area contributed by atoms with Crippen LogP contribution in [-0.2, 0) is 9.53 Å². The third kappa shape index (κ3) is 4.49. The van der Waals surface area contributed by atoms with Gasteiger partial charge in [0.05, 0.1) is 36.6 Å². The number of allylic oxidation sites excluding steroid dienone is 1. The Morgan fingerprint density at radius 3 is 2.63 bits per heavy atom. The van der Waals surface area contributed by atoms with Gasteiger partial charge in [0.2, 0.25) is 0 Å². The second-order valence-electron chi connectivity index (χ2n) is 7.98. The highest BCUT2D eigenvalue weighted by Crippen LogP contribution is 2.37. The molecular formula is C25H27N3O6S. The van der Waals surface area contributed by atoms with Gasteiger partial charge in [-0.1, -0.05) is 11.3 Å². The van der Waals surface area contributed by atoms with Crippen LogP contribution in [0, 0.1) is 0 Å². The number of esters is 1. The average Bonchev–Trinajstić information content (AvgIpc) is 3.42. The van der Waals surface area contributed by atoms with E-state index < -0.39 is 12.0 Å². The van der Waals surface area contributed by atoms with E-state index in [1.165, 1.54) is 23.0 Å². The van der Waals surface area contributed by atoms with Crippen molar-refractivity contribution in [1.29, 1.82) is 0 Å². The lowest BCUT2D eigenvalue weighted by atomic mass is 9.95. The number of carbonyl (C=O) groups excluding carboxylic acids is 1. The van der Waals surface area contributed by atoms with Gasteiger partial charge in [-0.2, -0.15) is 0 Å². The van der Waals surface area contributed by atoms with Crippen molar-refractivity contribution < 1.29 is 23.4 Å². The molecule has 0 spiro atoms. The molecule has 35 heavy (non-hydrogen) atoms. The molecule has 10 heteroatoms. The molecule has 0 radical (unpaired) electrons. The smallest absolute Gasteiger partial charge is 0.338 e. The summed E-state index contributed by atoms with van der Waals surface area (Å²) < 4.78 is 24.0. The van der Waals surface area contributed by atoms with Crippen LogP contribution in [-0.4, -0.2) is 45.5 Å². The van der Waals surface area contributed by atoms with Crippen LogP contribution in [0.15, 0.2) is 55.8 Å². The van der Waals surface area contributed by atoms with Gasteiger partial charge >= 0.3 is 5.97 Å². The van der Waals surface area contributed by atoms with Gasteiger partial charge in [-0.15, -0.1) is 0 Å². The Bertz CT molecular complexity index is 1480. The molecule has 0 fully saturated rings. The Morgan fingerprint density at radius 1 is 1.23 bits per heavy atom. The minimum Gasteiger partial charge on any atom is -0.497 e. The van der Waals surface area contributed by atoms with Gasteiger partial charge in [-0.3, -0.25) is 9.36 Å². The van der Waals surface area contributed by atoms with Crippen molar-refractivity contribution in [2.75, 3.05) is 39.8 Å². The van der Waals surface area contributed by atoms with Gasteiger partial charge in [0.1, 0.15) is 23.3 Å². The highest BCUT2D eigenvalue weighted by Gasteiger charge is 2.35. The molecule has 9 nitrogen and oxygen atoms in total. The number of hydrogen-bond acceptors (Lipinski definition) is 9. The van der Waals surface area contributed by atoms with Crippen molar-refractivity contribution in [2.45, 2.75) is 19.9 Å². The molecule has 0 amide bonds. The summed E-state index contributed by atoms with van der Waals surface area (Å²) in [6, 6.07) is 8.10. The van der Waals surface area contributed by atoms with Gasteiger partial charge in [0, 0.05) is 37.9 Å². The maximum absolute atomic E-state index is 13.7. The summed E-state index contributed by atoms with van der Waals surface area (Å²) in [5, 5.41) is 0. The van der Waals surface area contributed by atoms with Crippen LogP contribution in [0.3, 0.4) is 0 Å². The number of ether oxygens (including phenoxy) is 3. The Morgan fingerprint density at radius 2 is 2.00 bits per heavy atom. The van der Waals surface area contributed by atoms with Crippen LogP contribution in [0.25, 0.3) is 6.08 Å². The Hall–Kier alpha value is -3.79. The highest BCUT2D eigenvalue weighted by molar-refractivity contribution is 7.07. The van der Waals surface area contributed by atoms with Crippen LogP contribution in [0.5, 0.6) is 11.5 Å². The minimum absolute atomic E-state index is 0.194. The fourth-order valence-corrected chi connectivity index (χ4v) is 4.95. The SMILES string of the molecule is CCOC(=O)C1=C(C)N=c2s/c(=C\c3ccc(N(C)C)o3)c(=O)n2[C@H]1c1ccc(OC)cc1OC. The summed E-state index contributed by atoms with van der Waals surface area (Å²) in [5.41, 5.74) is 1.08. The van der Waals surface area contributed by atoms with Gasteiger partial charge in [-0.25, -0.2) is 9.79 Å². The number of nitrogens with zero attached hydrogens (tertiary/aromatic N) is 3. The molecule has 3 heterocycles. The summed E-state index contributed by atoms with van der Waals surface area (Å²) in [5.74, 6) is 1.74. The highest BCUT2D eigenvalue weighted by atomic mass is 32.1. The van der Waals surface area contributed by atoms with Crippen molar-refractivity contribution in [1.82, 2.24) is 4.57 Å². The molecule has 0 saturated heterocycles. The maximum Gasteiger partial charge on any atom is 0.338 e. The molecular weight excluding hydrogens is 470 g/mol. The molecule has 1 atom stereocenters. The number of anilines is 1. The molecule has 0 unspecified atom stereocenters. The molecule has 1 aromatic carbocycles. The molecule has 184 valence electrons. The lowest BCUT2D eigenvalue weighted by molar-refractivity contribution is -0.139. The molecule has 0 saturated carbocycles. The van der Waals surface area contributed by atoms with Crippen molar-refractivity contribution in [3.63, 3.8) is 0 Å². The number of thiazole rings is 1. The lowest BCUT2D eigenvalue weighted by Gasteiger charge is -2.26. The van der Waals surface area contributed by atoms with E-state index >= 15 is 0 Å². The van der Waals surface area contributed by atoms with Gasteiger partial charge in [-0.05, 0) is 32.0 Å². The zero-order chi connectivity index (χ0) is 25.3. The average molecular weight is 498 g/mol. The van der Waals surface area contributed by atoms with Gasteiger partial charge < -0.3 is 23.5 Å². The van der Waals surface area contributed by atoms with E-state index in [2.05, 4.69) is 4.99 Å². The van der Waals surface area contributed by atoms with Gasteiger partial charge in [0.25, 0.3) is 5.56 Å². The predicted octanol–water partition coefficient (Wildman–Crippen LogP) is 2.47. The first kappa shape index (κ1) is 24.3. The molecule has 0 N–H and O–H groups in total. The zero-order valence-corrected chi connectivity index (χ0v) is 21.3. The minimum atomic E-state index is -0.790. The van der Waals surface area contributed by atoms with Crippen molar-refractivity contribution in [3.05, 3.63) is 72.6 Å². The second kappa shape index (κ2) is 9.83. The first-order valence-corrected chi connectivity index (χ1v) is 11.8. The Balaban J connectivity index is 1.96. The Kier molecular flexibility index (Phi) is 6.83. The van der Waals surface area contributed by atoms with E-state index in [4.69, 9.17) is 18.6 Å². The number of fused-ring (bicyclic) bond motifs is 1. The number of methoxy groups -OCH3 is 2. The molecule has 1 aliphatic heterocycles. The summed E-state index contributed by atoms with van der Waals surface area (Å²) in [7, 11) is 6.83.